The Hall–Kier alpha value is -3.23. The maximum Gasteiger partial charge on any atom is 0.416 e. The number of guanidine groups is 1. The Morgan fingerprint density at radius 3 is 2.22 bits per heavy atom. The van der Waals surface area contributed by atoms with E-state index in [0.717, 1.165) is 25.2 Å². The SMILES string of the molecule is CN=C(NCCC(=O)N1CCN(c2ccccc2)CC1)NCc1ccc(C(F)(F)F)cc1. The van der Waals surface area contributed by atoms with Crippen molar-refractivity contribution in [2.24, 2.45) is 4.99 Å². The van der Waals surface area contributed by atoms with Crippen molar-refractivity contribution in [3.05, 3.63) is 65.7 Å². The van der Waals surface area contributed by atoms with Crippen molar-refractivity contribution in [3.8, 4) is 0 Å². The van der Waals surface area contributed by atoms with E-state index in [0.29, 0.717) is 44.1 Å². The number of anilines is 1. The number of amides is 1. The van der Waals surface area contributed by atoms with E-state index < -0.39 is 11.7 Å². The minimum absolute atomic E-state index is 0.0865. The number of nitrogens with one attached hydrogen (secondary N) is 2. The molecule has 0 bridgehead atoms. The fourth-order valence-electron chi connectivity index (χ4n) is 3.52. The fourth-order valence-corrected chi connectivity index (χ4v) is 3.52. The zero-order chi connectivity index (χ0) is 23.0. The van der Waals surface area contributed by atoms with E-state index in [2.05, 4.69) is 32.7 Å². The Morgan fingerprint density at radius 2 is 1.62 bits per heavy atom. The number of nitrogens with zero attached hydrogens (tertiary/aromatic N) is 3. The largest absolute Gasteiger partial charge is 0.416 e. The van der Waals surface area contributed by atoms with Crippen LogP contribution in [0.5, 0.6) is 0 Å². The summed E-state index contributed by atoms with van der Waals surface area (Å²) in [6, 6.07) is 15.1. The van der Waals surface area contributed by atoms with Crippen LogP contribution in [0.25, 0.3) is 0 Å². The van der Waals surface area contributed by atoms with Gasteiger partial charge in [0.1, 0.15) is 0 Å². The van der Waals surface area contributed by atoms with Crippen LogP contribution in [-0.4, -0.2) is 56.5 Å². The van der Waals surface area contributed by atoms with Crippen molar-refractivity contribution in [2.75, 3.05) is 44.7 Å². The first kappa shape index (κ1) is 23.4. The number of rotatable bonds is 6. The Kier molecular flexibility index (Phi) is 7.97. The van der Waals surface area contributed by atoms with Gasteiger partial charge in [-0.25, -0.2) is 0 Å². The molecule has 0 spiro atoms. The van der Waals surface area contributed by atoms with Crippen LogP contribution < -0.4 is 15.5 Å². The van der Waals surface area contributed by atoms with Gasteiger partial charge in [0.2, 0.25) is 5.91 Å². The molecule has 1 aliphatic heterocycles. The van der Waals surface area contributed by atoms with Crippen LogP contribution in [0.4, 0.5) is 18.9 Å². The zero-order valence-electron chi connectivity index (χ0n) is 18.0. The van der Waals surface area contributed by atoms with E-state index in [4.69, 9.17) is 0 Å². The van der Waals surface area contributed by atoms with Gasteiger partial charge in [0.05, 0.1) is 5.56 Å². The van der Waals surface area contributed by atoms with Crippen molar-refractivity contribution < 1.29 is 18.0 Å². The van der Waals surface area contributed by atoms with Crippen molar-refractivity contribution in [3.63, 3.8) is 0 Å². The van der Waals surface area contributed by atoms with Gasteiger partial charge in [0.15, 0.2) is 5.96 Å². The molecule has 172 valence electrons. The fraction of sp³-hybridized carbons (Fsp3) is 0.391. The third kappa shape index (κ3) is 6.63. The molecule has 1 heterocycles. The molecule has 1 saturated heterocycles. The van der Waals surface area contributed by atoms with Gasteiger partial charge in [-0.05, 0) is 29.8 Å². The van der Waals surface area contributed by atoms with E-state index in [1.807, 2.05) is 23.1 Å². The highest BCUT2D eigenvalue weighted by Crippen LogP contribution is 2.29. The highest BCUT2D eigenvalue weighted by atomic mass is 19.4. The minimum atomic E-state index is -4.34. The summed E-state index contributed by atoms with van der Waals surface area (Å²) < 4.78 is 37.9. The lowest BCUT2D eigenvalue weighted by Gasteiger charge is -2.36. The second kappa shape index (κ2) is 10.9. The summed E-state index contributed by atoms with van der Waals surface area (Å²) in [5, 5.41) is 6.13. The predicted molar refractivity (Wildman–Crippen MR) is 119 cm³/mol. The number of aliphatic imine (C=N–C) groups is 1. The van der Waals surface area contributed by atoms with Crippen molar-refractivity contribution in [2.45, 2.75) is 19.1 Å². The number of benzene rings is 2. The van der Waals surface area contributed by atoms with Gasteiger partial charge in [-0.3, -0.25) is 9.79 Å². The minimum Gasteiger partial charge on any atom is -0.368 e. The lowest BCUT2D eigenvalue weighted by atomic mass is 10.1. The molecule has 0 atom stereocenters. The number of alkyl halides is 3. The molecular weight excluding hydrogens is 419 g/mol. The van der Waals surface area contributed by atoms with Gasteiger partial charge in [-0.1, -0.05) is 30.3 Å². The Morgan fingerprint density at radius 1 is 0.969 bits per heavy atom. The quantitative estimate of drug-likeness (QED) is 0.528. The van der Waals surface area contributed by atoms with Crippen molar-refractivity contribution in [1.82, 2.24) is 15.5 Å². The number of carbonyl (C=O) groups is 1. The molecule has 32 heavy (non-hydrogen) atoms. The molecule has 1 amide bonds. The molecule has 0 radical (unpaired) electrons. The monoisotopic (exact) mass is 447 g/mol. The van der Waals surface area contributed by atoms with Gasteiger partial charge in [-0.2, -0.15) is 13.2 Å². The zero-order valence-corrected chi connectivity index (χ0v) is 18.0. The summed E-state index contributed by atoms with van der Waals surface area (Å²) in [7, 11) is 1.60. The molecule has 0 aromatic heterocycles. The molecule has 3 rings (SSSR count). The lowest BCUT2D eigenvalue weighted by Crippen LogP contribution is -2.49. The number of para-hydroxylation sites is 1. The molecule has 6 nitrogen and oxygen atoms in total. The lowest BCUT2D eigenvalue weighted by molar-refractivity contribution is -0.137. The van der Waals surface area contributed by atoms with Gasteiger partial charge in [-0.15, -0.1) is 0 Å². The van der Waals surface area contributed by atoms with Gasteiger partial charge >= 0.3 is 6.18 Å². The average molecular weight is 448 g/mol. The summed E-state index contributed by atoms with van der Waals surface area (Å²) in [6.45, 7) is 3.74. The van der Waals surface area contributed by atoms with Gasteiger partial charge in [0.25, 0.3) is 0 Å². The first-order chi connectivity index (χ1) is 15.4. The third-order valence-electron chi connectivity index (χ3n) is 5.35. The summed E-state index contributed by atoms with van der Waals surface area (Å²) in [5.41, 5.74) is 1.20. The van der Waals surface area contributed by atoms with E-state index in [-0.39, 0.29) is 5.91 Å². The van der Waals surface area contributed by atoms with Crippen LogP contribution in [0.3, 0.4) is 0 Å². The average Bonchev–Trinajstić information content (AvgIpc) is 2.81. The number of piperazine rings is 1. The van der Waals surface area contributed by atoms with Crippen LogP contribution in [0, 0.1) is 0 Å². The molecular formula is C23H28F3N5O. The molecule has 0 unspecified atom stereocenters. The van der Waals surface area contributed by atoms with Gasteiger partial charge in [0, 0.05) is 58.4 Å². The summed E-state index contributed by atoms with van der Waals surface area (Å²) in [6.07, 6.45) is -4.00. The number of carbonyl (C=O) groups excluding carboxylic acids is 1. The number of hydrogen-bond acceptors (Lipinski definition) is 3. The van der Waals surface area contributed by atoms with Crippen LogP contribution in [-0.2, 0) is 17.5 Å². The first-order valence-electron chi connectivity index (χ1n) is 10.6. The Balaban J connectivity index is 1.37. The topological polar surface area (TPSA) is 60.0 Å². The Labute approximate surface area is 186 Å². The second-order valence-electron chi connectivity index (χ2n) is 7.50. The highest BCUT2D eigenvalue weighted by Gasteiger charge is 2.29. The summed E-state index contributed by atoms with van der Waals surface area (Å²) >= 11 is 0. The molecule has 0 aliphatic carbocycles. The first-order valence-corrected chi connectivity index (χ1v) is 10.6. The summed E-state index contributed by atoms with van der Waals surface area (Å²) in [4.78, 5) is 20.8. The molecule has 0 saturated carbocycles. The Bertz CT molecular complexity index is 892. The molecule has 2 aromatic carbocycles. The molecule has 1 aliphatic rings. The maximum atomic E-state index is 12.6. The molecule has 1 fully saturated rings. The summed E-state index contributed by atoms with van der Waals surface area (Å²) in [5.74, 6) is 0.579. The second-order valence-corrected chi connectivity index (χ2v) is 7.50. The van der Waals surface area contributed by atoms with Crippen LogP contribution in [0.2, 0.25) is 0 Å². The van der Waals surface area contributed by atoms with Crippen molar-refractivity contribution in [1.29, 1.82) is 0 Å². The number of halogens is 3. The van der Waals surface area contributed by atoms with E-state index in [1.165, 1.54) is 17.8 Å². The molecule has 2 N–H and O–H groups in total. The number of hydrogen-bond donors (Lipinski definition) is 2. The van der Waals surface area contributed by atoms with Gasteiger partial charge < -0.3 is 20.4 Å². The predicted octanol–water partition coefficient (Wildman–Crippen LogP) is 3.11. The normalized spacial score (nSPS) is 14.9. The smallest absolute Gasteiger partial charge is 0.368 e. The third-order valence-corrected chi connectivity index (χ3v) is 5.35. The van der Waals surface area contributed by atoms with Crippen LogP contribution >= 0.6 is 0 Å². The van der Waals surface area contributed by atoms with Crippen LogP contribution in [0.15, 0.2) is 59.6 Å². The standard InChI is InChI=1S/C23H28F3N5O/c1-27-22(29-17-18-7-9-19(10-8-18)23(24,25)26)28-12-11-21(32)31-15-13-30(14-16-31)20-5-3-2-4-6-20/h2-10H,11-17H2,1H3,(H2,27,28,29). The van der Waals surface area contributed by atoms with Crippen molar-refractivity contribution >= 4 is 17.6 Å². The van der Waals surface area contributed by atoms with E-state index in [9.17, 15) is 18.0 Å². The van der Waals surface area contributed by atoms with E-state index >= 15 is 0 Å². The maximum absolute atomic E-state index is 12.6. The van der Waals surface area contributed by atoms with Crippen LogP contribution in [0.1, 0.15) is 17.5 Å². The molecule has 9 heteroatoms. The van der Waals surface area contributed by atoms with E-state index in [1.54, 1.807) is 7.05 Å². The molecule has 2 aromatic rings. The highest BCUT2D eigenvalue weighted by molar-refractivity contribution is 5.81.